The lowest BCUT2D eigenvalue weighted by atomic mass is 9.93. The number of hydrogen-bond donors (Lipinski definition) is 1. The van der Waals surface area contributed by atoms with Crippen LogP contribution in [0.15, 0.2) is 0 Å². The molecule has 0 saturated carbocycles. The van der Waals surface area contributed by atoms with E-state index in [1.165, 1.54) is 0 Å². The Kier molecular flexibility index (Phi) is 6.34. The standard InChI is InChI=1S/C12H25ClN2O/c1-9(2)10(7-15(5)6)14-11(16)12(3,4)8-13/h9-10H,7-8H2,1-6H3,(H,14,16). The number of rotatable bonds is 6. The van der Waals surface area contributed by atoms with Gasteiger partial charge in [-0.25, -0.2) is 0 Å². The summed E-state index contributed by atoms with van der Waals surface area (Å²) in [5, 5.41) is 3.07. The van der Waals surface area contributed by atoms with Crippen LogP contribution < -0.4 is 5.32 Å². The summed E-state index contributed by atoms with van der Waals surface area (Å²) in [7, 11) is 4.02. The SMILES string of the molecule is CC(C)C(CN(C)C)NC(=O)C(C)(C)CCl. The van der Waals surface area contributed by atoms with Crippen LogP contribution in [0.25, 0.3) is 0 Å². The maximum atomic E-state index is 12.0. The molecule has 0 aliphatic carbocycles. The highest BCUT2D eigenvalue weighted by Crippen LogP contribution is 2.18. The maximum Gasteiger partial charge on any atom is 0.227 e. The molecule has 0 radical (unpaired) electrons. The van der Waals surface area contributed by atoms with Crippen LogP contribution in [-0.4, -0.2) is 43.4 Å². The molecule has 0 spiro atoms. The van der Waals surface area contributed by atoms with Gasteiger partial charge in [0.15, 0.2) is 0 Å². The second-order valence-corrected chi connectivity index (χ2v) is 5.87. The largest absolute Gasteiger partial charge is 0.351 e. The Morgan fingerprint density at radius 2 is 1.88 bits per heavy atom. The molecule has 0 aliphatic rings. The monoisotopic (exact) mass is 248 g/mol. The van der Waals surface area contributed by atoms with Gasteiger partial charge in [0.05, 0.1) is 5.41 Å². The summed E-state index contributed by atoms with van der Waals surface area (Å²) in [6, 6.07) is 0.171. The van der Waals surface area contributed by atoms with Crippen LogP contribution in [0.2, 0.25) is 0 Å². The second-order valence-electron chi connectivity index (χ2n) is 5.60. The molecule has 3 nitrogen and oxygen atoms in total. The van der Waals surface area contributed by atoms with E-state index in [0.29, 0.717) is 11.8 Å². The summed E-state index contributed by atoms with van der Waals surface area (Å²) >= 11 is 5.79. The molecule has 0 aliphatic heterocycles. The molecular weight excluding hydrogens is 224 g/mol. The molecular formula is C12H25ClN2O. The van der Waals surface area contributed by atoms with E-state index < -0.39 is 5.41 Å². The van der Waals surface area contributed by atoms with Crippen molar-refractivity contribution in [2.75, 3.05) is 26.5 Å². The fraction of sp³-hybridized carbons (Fsp3) is 0.917. The summed E-state index contributed by atoms with van der Waals surface area (Å²) in [4.78, 5) is 14.1. The van der Waals surface area contributed by atoms with Gasteiger partial charge >= 0.3 is 0 Å². The highest BCUT2D eigenvalue weighted by molar-refractivity contribution is 6.19. The molecule has 0 rings (SSSR count). The number of nitrogens with one attached hydrogen (secondary N) is 1. The number of likely N-dealkylation sites (N-methyl/N-ethyl adjacent to an activating group) is 1. The van der Waals surface area contributed by atoms with E-state index in [9.17, 15) is 4.79 Å². The van der Waals surface area contributed by atoms with E-state index in [1.807, 2.05) is 27.9 Å². The lowest BCUT2D eigenvalue weighted by molar-refractivity contribution is -0.129. The fourth-order valence-electron chi connectivity index (χ4n) is 1.24. The van der Waals surface area contributed by atoms with E-state index in [0.717, 1.165) is 6.54 Å². The third-order valence-electron chi connectivity index (χ3n) is 2.63. The molecule has 0 aromatic carbocycles. The van der Waals surface area contributed by atoms with Crippen molar-refractivity contribution in [3.63, 3.8) is 0 Å². The molecule has 1 N–H and O–H groups in total. The van der Waals surface area contributed by atoms with E-state index in [2.05, 4.69) is 24.1 Å². The molecule has 0 aromatic rings. The number of carbonyl (C=O) groups excluding carboxylic acids is 1. The Bertz CT molecular complexity index is 227. The third-order valence-corrected chi connectivity index (χ3v) is 3.30. The zero-order valence-corrected chi connectivity index (χ0v) is 12.1. The molecule has 0 fully saturated rings. The molecule has 0 bridgehead atoms. The molecule has 4 heteroatoms. The van der Waals surface area contributed by atoms with Crippen molar-refractivity contribution in [2.45, 2.75) is 33.7 Å². The smallest absolute Gasteiger partial charge is 0.227 e. The first kappa shape index (κ1) is 15.7. The van der Waals surface area contributed by atoms with Crippen molar-refractivity contribution >= 4 is 17.5 Å². The number of nitrogens with zero attached hydrogens (tertiary/aromatic N) is 1. The van der Waals surface area contributed by atoms with Crippen LogP contribution in [0.3, 0.4) is 0 Å². The van der Waals surface area contributed by atoms with Gasteiger partial charge in [0.1, 0.15) is 0 Å². The van der Waals surface area contributed by atoms with Gasteiger partial charge in [-0.15, -0.1) is 11.6 Å². The molecule has 0 heterocycles. The van der Waals surface area contributed by atoms with E-state index in [1.54, 1.807) is 0 Å². The molecule has 0 saturated heterocycles. The van der Waals surface area contributed by atoms with Gasteiger partial charge in [-0.05, 0) is 33.9 Å². The first-order valence-electron chi connectivity index (χ1n) is 5.72. The maximum absolute atomic E-state index is 12.0. The topological polar surface area (TPSA) is 32.3 Å². The lowest BCUT2D eigenvalue weighted by Crippen LogP contribution is -2.49. The van der Waals surface area contributed by atoms with E-state index in [-0.39, 0.29) is 11.9 Å². The molecule has 0 aromatic heterocycles. The fourth-order valence-corrected chi connectivity index (χ4v) is 1.36. The molecule has 96 valence electrons. The third kappa shape index (κ3) is 5.17. The number of carbonyl (C=O) groups is 1. The minimum Gasteiger partial charge on any atom is -0.351 e. The first-order chi connectivity index (χ1) is 7.20. The summed E-state index contributed by atoms with van der Waals surface area (Å²) in [6.45, 7) is 8.80. The number of hydrogen-bond acceptors (Lipinski definition) is 2. The lowest BCUT2D eigenvalue weighted by Gasteiger charge is -2.29. The van der Waals surface area contributed by atoms with Crippen LogP contribution >= 0.6 is 11.6 Å². The van der Waals surface area contributed by atoms with Crippen LogP contribution in [0.4, 0.5) is 0 Å². The van der Waals surface area contributed by atoms with Crippen LogP contribution in [0.5, 0.6) is 0 Å². The predicted molar refractivity (Wildman–Crippen MR) is 69.8 cm³/mol. The van der Waals surface area contributed by atoms with Crippen LogP contribution in [0, 0.1) is 11.3 Å². The number of alkyl halides is 1. The molecule has 1 atom stereocenters. The number of amides is 1. The Hall–Kier alpha value is -0.280. The molecule has 1 unspecified atom stereocenters. The minimum atomic E-state index is -0.499. The minimum absolute atomic E-state index is 0.0306. The van der Waals surface area contributed by atoms with Crippen molar-refractivity contribution in [3.8, 4) is 0 Å². The van der Waals surface area contributed by atoms with Crippen molar-refractivity contribution in [1.29, 1.82) is 0 Å². The highest BCUT2D eigenvalue weighted by atomic mass is 35.5. The van der Waals surface area contributed by atoms with Crippen molar-refractivity contribution in [1.82, 2.24) is 10.2 Å². The van der Waals surface area contributed by atoms with Gasteiger partial charge in [-0.1, -0.05) is 13.8 Å². The Balaban J connectivity index is 4.46. The van der Waals surface area contributed by atoms with Gasteiger partial charge in [0.2, 0.25) is 5.91 Å². The van der Waals surface area contributed by atoms with Crippen LogP contribution in [0.1, 0.15) is 27.7 Å². The first-order valence-corrected chi connectivity index (χ1v) is 6.26. The van der Waals surface area contributed by atoms with Gasteiger partial charge < -0.3 is 10.2 Å². The zero-order chi connectivity index (χ0) is 12.9. The average Bonchev–Trinajstić information content (AvgIpc) is 2.15. The summed E-state index contributed by atoms with van der Waals surface area (Å²) in [6.07, 6.45) is 0. The van der Waals surface area contributed by atoms with Gasteiger partial charge in [0.25, 0.3) is 0 Å². The Morgan fingerprint density at radius 1 is 1.38 bits per heavy atom. The number of halogens is 1. The van der Waals surface area contributed by atoms with Gasteiger partial charge in [-0.3, -0.25) is 4.79 Å². The van der Waals surface area contributed by atoms with Crippen molar-refractivity contribution in [3.05, 3.63) is 0 Å². The average molecular weight is 249 g/mol. The predicted octanol–water partition coefficient (Wildman–Crippen LogP) is 1.95. The van der Waals surface area contributed by atoms with Crippen LogP contribution in [-0.2, 0) is 4.79 Å². The summed E-state index contributed by atoms with van der Waals surface area (Å²) in [5.41, 5.74) is -0.499. The van der Waals surface area contributed by atoms with Crippen molar-refractivity contribution < 1.29 is 4.79 Å². The van der Waals surface area contributed by atoms with Crippen molar-refractivity contribution in [2.24, 2.45) is 11.3 Å². The van der Waals surface area contributed by atoms with E-state index in [4.69, 9.17) is 11.6 Å². The highest BCUT2D eigenvalue weighted by Gasteiger charge is 2.29. The normalized spacial score (nSPS) is 14.3. The Labute approximate surface area is 105 Å². The summed E-state index contributed by atoms with van der Waals surface area (Å²) < 4.78 is 0. The van der Waals surface area contributed by atoms with Gasteiger partial charge in [0, 0.05) is 18.5 Å². The quantitative estimate of drug-likeness (QED) is 0.729. The Morgan fingerprint density at radius 3 is 2.19 bits per heavy atom. The van der Waals surface area contributed by atoms with Gasteiger partial charge in [-0.2, -0.15) is 0 Å². The second kappa shape index (κ2) is 6.45. The summed E-state index contributed by atoms with van der Waals surface area (Å²) in [5.74, 6) is 0.784. The van der Waals surface area contributed by atoms with E-state index >= 15 is 0 Å². The zero-order valence-electron chi connectivity index (χ0n) is 11.3. The molecule has 16 heavy (non-hydrogen) atoms. The molecule has 1 amide bonds.